The zero-order valence-electron chi connectivity index (χ0n) is 6.68. The van der Waals surface area contributed by atoms with E-state index in [4.69, 9.17) is 0 Å². The van der Waals surface area contributed by atoms with E-state index in [0.29, 0.717) is 0 Å². The highest BCUT2D eigenvalue weighted by atomic mass is 33.1. The molecule has 0 N–H and O–H groups in total. The first-order valence-electron chi connectivity index (χ1n) is 3.36. The highest BCUT2D eigenvalue weighted by molar-refractivity contribution is 8.76. The van der Waals surface area contributed by atoms with Gasteiger partial charge in [-0.15, -0.1) is 0 Å². The van der Waals surface area contributed by atoms with Crippen LogP contribution < -0.4 is 0 Å². The van der Waals surface area contributed by atoms with Gasteiger partial charge in [-0.3, -0.25) is 0 Å². The number of rotatable bonds is 4. The third-order valence-corrected chi connectivity index (χ3v) is 3.34. The van der Waals surface area contributed by atoms with Crippen LogP contribution in [0.5, 0.6) is 0 Å². The summed E-state index contributed by atoms with van der Waals surface area (Å²) in [6.45, 7) is 6.84. The molecule has 1 unspecified atom stereocenters. The quantitative estimate of drug-likeness (QED) is 0.584. The lowest BCUT2D eigenvalue weighted by atomic mass is 10.1. The van der Waals surface area contributed by atoms with E-state index in [0.717, 1.165) is 11.2 Å². The van der Waals surface area contributed by atoms with Gasteiger partial charge in [-0.2, -0.15) is 0 Å². The second kappa shape index (κ2) is 5.48. The molecule has 0 nitrogen and oxygen atoms in total. The molecule has 0 aromatic heterocycles. The largest absolute Gasteiger partial charge is 0.0973 e. The minimum atomic E-state index is 0.819. The second-order valence-electron chi connectivity index (χ2n) is 2.70. The summed E-state index contributed by atoms with van der Waals surface area (Å²) in [6.07, 6.45) is 3.48. The van der Waals surface area contributed by atoms with Crippen molar-refractivity contribution < 1.29 is 0 Å². The fraction of sp³-hybridized carbons (Fsp3) is 1.00. The van der Waals surface area contributed by atoms with Crippen LogP contribution in [0.1, 0.15) is 27.2 Å². The molecule has 0 heterocycles. The molecule has 56 valence electrons. The summed E-state index contributed by atoms with van der Waals surface area (Å²) in [5, 5.41) is 0.819. The third-order valence-electron chi connectivity index (χ3n) is 1.06. The molecule has 0 aromatic carbocycles. The highest BCUT2D eigenvalue weighted by Gasteiger charge is 2.03. The molecule has 0 aromatic rings. The molecule has 0 bridgehead atoms. The molecular formula is C7H16S2. The van der Waals surface area contributed by atoms with E-state index in [-0.39, 0.29) is 0 Å². The molecule has 0 aliphatic carbocycles. The van der Waals surface area contributed by atoms with Crippen LogP contribution >= 0.6 is 21.6 Å². The molecule has 0 radical (unpaired) electrons. The Morgan fingerprint density at radius 1 is 1.22 bits per heavy atom. The molecule has 1 atom stereocenters. The van der Waals surface area contributed by atoms with Crippen molar-refractivity contribution in [1.82, 2.24) is 0 Å². The first kappa shape index (κ1) is 9.70. The Labute approximate surface area is 66.6 Å². The Bertz CT molecular complexity index is 61.9. The average Bonchev–Trinajstić information content (AvgIpc) is 1.63. The summed E-state index contributed by atoms with van der Waals surface area (Å²) in [5.74, 6) is 0.847. The molecule has 0 saturated heterocycles. The van der Waals surface area contributed by atoms with Crippen LogP contribution in [0.4, 0.5) is 0 Å². The van der Waals surface area contributed by atoms with E-state index < -0.39 is 0 Å². The molecule has 0 aliphatic heterocycles. The fourth-order valence-corrected chi connectivity index (χ4v) is 2.88. The predicted molar refractivity (Wildman–Crippen MR) is 50.0 cm³/mol. The molecule has 0 amide bonds. The van der Waals surface area contributed by atoms with E-state index in [9.17, 15) is 0 Å². The summed E-state index contributed by atoms with van der Waals surface area (Å²) in [5.41, 5.74) is 0. The van der Waals surface area contributed by atoms with Gasteiger partial charge in [-0.25, -0.2) is 0 Å². The van der Waals surface area contributed by atoms with Crippen LogP contribution in [-0.4, -0.2) is 11.5 Å². The molecular weight excluding hydrogens is 148 g/mol. The van der Waals surface area contributed by atoms with Crippen LogP contribution in [0, 0.1) is 5.92 Å². The van der Waals surface area contributed by atoms with Crippen LogP contribution in [0.25, 0.3) is 0 Å². The second-order valence-corrected chi connectivity index (χ2v) is 5.61. The Hall–Kier alpha value is 0.700. The van der Waals surface area contributed by atoms with Gasteiger partial charge < -0.3 is 0 Å². The van der Waals surface area contributed by atoms with Gasteiger partial charge in [0.15, 0.2) is 0 Å². The van der Waals surface area contributed by atoms with Crippen LogP contribution in [0.2, 0.25) is 0 Å². The SMILES string of the molecule is CSSC(C)CC(C)C. The average molecular weight is 164 g/mol. The van der Waals surface area contributed by atoms with Gasteiger partial charge in [-0.05, 0) is 18.6 Å². The Morgan fingerprint density at radius 2 is 1.78 bits per heavy atom. The zero-order chi connectivity index (χ0) is 7.28. The minimum Gasteiger partial charge on any atom is -0.0973 e. The summed E-state index contributed by atoms with van der Waals surface area (Å²) in [6, 6.07) is 0. The summed E-state index contributed by atoms with van der Waals surface area (Å²) in [7, 11) is 3.84. The van der Waals surface area contributed by atoms with Crippen LogP contribution in [0.15, 0.2) is 0 Å². The summed E-state index contributed by atoms with van der Waals surface area (Å²) >= 11 is 0. The smallest absolute Gasteiger partial charge is 0.0125 e. The first-order valence-corrected chi connectivity index (χ1v) is 5.98. The van der Waals surface area contributed by atoms with Gasteiger partial charge >= 0.3 is 0 Å². The number of hydrogen-bond donors (Lipinski definition) is 0. The van der Waals surface area contributed by atoms with Crippen molar-refractivity contribution >= 4 is 21.6 Å². The molecule has 0 aliphatic rings. The van der Waals surface area contributed by atoms with Crippen LogP contribution in [0.3, 0.4) is 0 Å². The van der Waals surface area contributed by atoms with Crippen molar-refractivity contribution in [2.24, 2.45) is 5.92 Å². The lowest BCUT2D eigenvalue weighted by Crippen LogP contribution is -1.99. The maximum Gasteiger partial charge on any atom is 0.0125 e. The maximum absolute atomic E-state index is 2.29. The van der Waals surface area contributed by atoms with Crippen molar-refractivity contribution in [3.63, 3.8) is 0 Å². The molecule has 0 saturated carbocycles. The Balaban J connectivity index is 3.15. The van der Waals surface area contributed by atoms with Gasteiger partial charge in [0.1, 0.15) is 0 Å². The van der Waals surface area contributed by atoms with Gasteiger partial charge in [0.2, 0.25) is 0 Å². The van der Waals surface area contributed by atoms with E-state index in [2.05, 4.69) is 27.0 Å². The molecule has 0 spiro atoms. The lowest BCUT2D eigenvalue weighted by Gasteiger charge is -2.10. The lowest BCUT2D eigenvalue weighted by molar-refractivity contribution is 0.586. The van der Waals surface area contributed by atoms with Crippen molar-refractivity contribution in [2.75, 3.05) is 6.26 Å². The van der Waals surface area contributed by atoms with Gasteiger partial charge in [0, 0.05) is 5.25 Å². The van der Waals surface area contributed by atoms with Gasteiger partial charge in [0.25, 0.3) is 0 Å². The Morgan fingerprint density at radius 3 is 2.11 bits per heavy atom. The molecule has 9 heavy (non-hydrogen) atoms. The normalized spacial score (nSPS) is 14.3. The summed E-state index contributed by atoms with van der Waals surface area (Å²) < 4.78 is 0. The predicted octanol–water partition coefficient (Wildman–Crippen LogP) is 3.43. The molecule has 0 fully saturated rings. The Kier molecular flexibility index (Phi) is 5.91. The zero-order valence-corrected chi connectivity index (χ0v) is 8.31. The minimum absolute atomic E-state index is 0.819. The fourth-order valence-electron chi connectivity index (χ4n) is 0.867. The van der Waals surface area contributed by atoms with Crippen molar-refractivity contribution in [1.29, 1.82) is 0 Å². The third kappa shape index (κ3) is 6.59. The van der Waals surface area contributed by atoms with Gasteiger partial charge in [-0.1, -0.05) is 42.4 Å². The molecule has 0 rings (SSSR count). The van der Waals surface area contributed by atoms with E-state index in [1.807, 2.05) is 21.6 Å². The van der Waals surface area contributed by atoms with E-state index in [1.54, 1.807) is 0 Å². The van der Waals surface area contributed by atoms with Crippen molar-refractivity contribution in [2.45, 2.75) is 32.4 Å². The van der Waals surface area contributed by atoms with Crippen LogP contribution in [-0.2, 0) is 0 Å². The monoisotopic (exact) mass is 164 g/mol. The van der Waals surface area contributed by atoms with Crippen molar-refractivity contribution in [3.05, 3.63) is 0 Å². The van der Waals surface area contributed by atoms with E-state index >= 15 is 0 Å². The first-order chi connectivity index (χ1) is 4.16. The van der Waals surface area contributed by atoms with Crippen molar-refractivity contribution in [3.8, 4) is 0 Å². The molecule has 2 heteroatoms. The maximum atomic E-state index is 2.29. The summed E-state index contributed by atoms with van der Waals surface area (Å²) in [4.78, 5) is 0. The van der Waals surface area contributed by atoms with Gasteiger partial charge in [0.05, 0.1) is 0 Å². The van der Waals surface area contributed by atoms with E-state index in [1.165, 1.54) is 6.42 Å². The number of hydrogen-bond acceptors (Lipinski definition) is 2. The standard InChI is InChI=1S/C7H16S2/c1-6(2)5-7(3)9-8-4/h6-7H,5H2,1-4H3. The topological polar surface area (TPSA) is 0 Å². The highest BCUT2D eigenvalue weighted by Crippen LogP contribution is 2.27.